The normalized spacial score (nSPS) is 13.4. The van der Waals surface area contributed by atoms with Crippen LogP contribution in [0.5, 0.6) is 11.5 Å². The lowest BCUT2D eigenvalue weighted by molar-refractivity contribution is -0.147. The third kappa shape index (κ3) is 11.2. The molecule has 5 nitrogen and oxygen atoms in total. The van der Waals surface area contributed by atoms with Crippen LogP contribution in [0.15, 0.2) is 60.9 Å². The first kappa shape index (κ1) is 32.2. The molecule has 3 rings (SSSR count). The Morgan fingerprint density at radius 3 is 1.98 bits per heavy atom. The van der Waals surface area contributed by atoms with Gasteiger partial charge in [0.05, 0.1) is 12.8 Å². The van der Waals surface area contributed by atoms with Gasteiger partial charge in [0.15, 0.2) is 5.82 Å². The van der Waals surface area contributed by atoms with Crippen LogP contribution < -0.4 is 9.47 Å². The molecule has 0 saturated carbocycles. The third-order valence-electron chi connectivity index (χ3n) is 7.10. The van der Waals surface area contributed by atoms with Crippen molar-refractivity contribution in [2.45, 2.75) is 103 Å². The van der Waals surface area contributed by atoms with Crippen molar-refractivity contribution in [3.8, 4) is 34.0 Å². The zero-order chi connectivity index (χ0) is 29.5. The minimum atomic E-state index is -2.01. The van der Waals surface area contributed by atoms with E-state index in [-0.39, 0.29) is 6.42 Å². The Morgan fingerprint density at radius 2 is 1.37 bits per heavy atom. The molecule has 0 N–H and O–H groups in total. The van der Waals surface area contributed by atoms with Gasteiger partial charge >= 0.3 is 5.97 Å². The summed E-state index contributed by atoms with van der Waals surface area (Å²) in [6.07, 6.45) is 12.8. The van der Waals surface area contributed by atoms with Gasteiger partial charge in [0.2, 0.25) is 5.67 Å². The van der Waals surface area contributed by atoms with Crippen molar-refractivity contribution in [1.29, 1.82) is 0 Å². The van der Waals surface area contributed by atoms with E-state index in [0.717, 1.165) is 35.3 Å². The largest absolute Gasteiger partial charge is 0.494 e. The number of alkyl halides is 2. The molecule has 0 amide bonds. The second-order valence-electron chi connectivity index (χ2n) is 10.9. The molecule has 0 saturated heterocycles. The molecule has 2 atom stereocenters. The molecule has 0 unspecified atom stereocenters. The number of ether oxygens (including phenoxy) is 2. The van der Waals surface area contributed by atoms with Crippen LogP contribution in [0.25, 0.3) is 22.5 Å². The zero-order valence-corrected chi connectivity index (χ0v) is 24.7. The van der Waals surface area contributed by atoms with Gasteiger partial charge in [0.25, 0.3) is 0 Å². The fourth-order valence-corrected chi connectivity index (χ4v) is 4.50. The topological polar surface area (TPSA) is 61.3 Å². The monoisotopic (exact) mass is 566 g/mol. The molecule has 1 heterocycles. The maximum Gasteiger partial charge on any atom is 0.348 e. The van der Waals surface area contributed by atoms with E-state index in [4.69, 9.17) is 9.47 Å². The van der Waals surface area contributed by atoms with Gasteiger partial charge in [-0.25, -0.2) is 23.5 Å². The van der Waals surface area contributed by atoms with Crippen molar-refractivity contribution in [2.75, 3.05) is 6.61 Å². The van der Waals surface area contributed by atoms with Gasteiger partial charge in [-0.2, -0.15) is 0 Å². The maximum absolute atomic E-state index is 15.0. The summed E-state index contributed by atoms with van der Waals surface area (Å²) in [5, 5.41) is 0. The summed E-state index contributed by atoms with van der Waals surface area (Å²) >= 11 is 0. The van der Waals surface area contributed by atoms with Crippen LogP contribution in [-0.2, 0) is 4.79 Å². The number of esters is 1. The number of hydrogen-bond acceptors (Lipinski definition) is 5. The van der Waals surface area contributed by atoms with Crippen LogP contribution in [0, 0.1) is 0 Å². The Kier molecular flexibility index (Phi) is 13.2. The van der Waals surface area contributed by atoms with Gasteiger partial charge in [0.1, 0.15) is 11.5 Å². The van der Waals surface area contributed by atoms with Crippen LogP contribution in [0.3, 0.4) is 0 Å². The second kappa shape index (κ2) is 16.8. The molecule has 0 fully saturated rings. The second-order valence-corrected chi connectivity index (χ2v) is 10.9. The Bertz CT molecular complexity index is 1160. The van der Waals surface area contributed by atoms with Gasteiger partial charge < -0.3 is 9.47 Å². The lowest BCUT2D eigenvalue weighted by atomic mass is 9.99. The number of hydrogen-bond donors (Lipinski definition) is 0. The molecular weight excluding hydrogens is 522 g/mol. The molecule has 41 heavy (non-hydrogen) atoms. The van der Waals surface area contributed by atoms with E-state index in [1.165, 1.54) is 39.0 Å². The Labute approximate surface area is 243 Å². The Morgan fingerprint density at radius 1 is 0.805 bits per heavy atom. The van der Waals surface area contributed by atoms with Crippen molar-refractivity contribution >= 4 is 5.97 Å². The first-order valence-corrected chi connectivity index (χ1v) is 15.0. The molecule has 2 aromatic carbocycles. The third-order valence-corrected chi connectivity index (χ3v) is 7.10. The lowest BCUT2D eigenvalue weighted by Gasteiger charge is -2.18. The number of halogens is 2. The number of unbranched alkanes of at least 4 members (excludes halogenated alkanes) is 7. The van der Waals surface area contributed by atoms with Crippen molar-refractivity contribution < 1.29 is 23.0 Å². The van der Waals surface area contributed by atoms with E-state index >= 15 is 0 Å². The van der Waals surface area contributed by atoms with E-state index in [1.807, 2.05) is 24.3 Å². The average molecular weight is 567 g/mol. The molecular formula is C34H44F2N2O3. The number of nitrogens with zero attached hydrogens (tertiary/aromatic N) is 2. The molecule has 7 heteroatoms. The summed E-state index contributed by atoms with van der Waals surface area (Å²) in [7, 11) is 0. The van der Waals surface area contributed by atoms with Crippen LogP contribution in [-0.4, -0.2) is 34.4 Å². The van der Waals surface area contributed by atoms with E-state index in [2.05, 4.69) is 16.9 Å². The summed E-state index contributed by atoms with van der Waals surface area (Å²) in [6.45, 7) is 5.53. The summed E-state index contributed by atoms with van der Waals surface area (Å²) in [5.41, 5.74) is 0.497. The Balaban J connectivity index is 1.46. The Hall–Kier alpha value is -3.35. The fraction of sp³-hybridized carbons (Fsp3) is 0.500. The number of carbonyl (C=O) groups excluding carboxylic acids is 1. The quantitative estimate of drug-likeness (QED) is 0.0872. The number of rotatable bonds is 18. The van der Waals surface area contributed by atoms with Gasteiger partial charge in [-0.15, -0.1) is 0 Å². The summed E-state index contributed by atoms with van der Waals surface area (Å²) in [6, 6.07) is 14.4. The van der Waals surface area contributed by atoms with Crippen LogP contribution in [0.2, 0.25) is 0 Å². The van der Waals surface area contributed by atoms with Crippen LogP contribution in [0.1, 0.15) is 91.4 Å². The first-order valence-electron chi connectivity index (χ1n) is 15.0. The van der Waals surface area contributed by atoms with Crippen LogP contribution in [0.4, 0.5) is 8.78 Å². The SMILES string of the molecule is CCCCCCCCCC[C@](C)(F)C(=O)Oc1ccc(-c2cnc(-c3ccc(OCCC[C@H](C)F)cc3)nc2)cc1. The standard InChI is InChI=1S/C34H44F2N2O3/c1-4-5-6-7-8-9-10-11-22-34(3,36)33(39)41-31-20-14-27(15-21-31)29-24-37-32(38-25-29)28-16-18-30(19-17-28)40-23-12-13-26(2)35/h14-21,24-26H,4-13,22-23H2,1-3H3/t26-,34-/m0/s1. The summed E-state index contributed by atoms with van der Waals surface area (Å²) in [4.78, 5) is 21.4. The minimum Gasteiger partial charge on any atom is -0.494 e. The van der Waals surface area contributed by atoms with Crippen LogP contribution >= 0.6 is 0 Å². The molecule has 1 aromatic heterocycles. The molecule has 0 radical (unpaired) electrons. The summed E-state index contributed by atoms with van der Waals surface area (Å²) < 4.78 is 38.9. The maximum atomic E-state index is 15.0. The lowest BCUT2D eigenvalue weighted by Crippen LogP contribution is -2.34. The molecule has 0 bridgehead atoms. The van der Waals surface area contributed by atoms with E-state index in [1.54, 1.807) is 43.6 Å². The zero-order valence-electron chi connectivity index (χ0n) is 24.7. The van der Waals surface area contributed by atoms with Crippen molar-refractivity contribution in [1.82, 2.24) is 9.97 Å². The van der Waals surface area contributed by atoms with Gasteiger partial charge in [-0.1, -0.05) is 64.0 Å². The number of carbonyl (C=O) groups is 1. The highest BCUT2D eigenvalue weighted by molar-refractivity contribution is 5.81. The van der Waals surface area contributed by atoms with Crippen molar-refractivity contribution in [3.63, 3.8) is 0 Å². The molecule has 0 aliphatic carbocycles. The van der Waals surface area contributed by atoms with Gasteiger partial charge in [-0.05, 0) is 81.5 Å². The molecule has 3 aromatic rings. The number of benzene rings is 2. The molecule has 0 aliphatic rings. The minimum absolute atomic E-state index is 0.165. The van der Waals surface area contributed by atoms with Crippen molar-refractivity contribution in [2.24, 2.45) is 0 Å². The highest BCUT2D eigenvalue weighted by Crippen LogP contribution is 2.27. The summed E-state index contributed by atoms with van der Waals surface area (Å²) in [5.74, 6) is 0.749. The highest BCUT2D eigenvalue weighted by Gasteiger charge is 2.34. The highest BCUT2D eigenvalue weighted by atomic mass is 19.1. The van der Waals surface area contributed by atoms with E-state index in [0.29, 0.717) is 37.4 Å². The predicted octanol–water partition coefficient (Wildman–Crippen LogP) is 9.49. The van der Waals surface area contributed by atoms with E-state index in [9.17, 15) is 13.6 Å². The molecule has 0 aliphatic heterocycles. The van der Waals surface area contributed by atoms with Crippen molar-refractivity contribution in [3.05, 3.63) is 60.9 Å². The smallest absolute Gasteiger partial charge is 0.348 e. The molecule has 222 valence electrons. The van der Waals surface area contributed by atoms with E-state index < -0.39 is 17.8 Å². The molecule has 0 spiro atoms. The van der Waals surface area contributed by atoms with Gasteiger partial charge in [0, 0.05) is 23.5 Å². The number of aromatic nitrogens is 2. The fourth-order valence-electron chi connectivity index (χ4n) is 4.50. The predicted molar refractivity (Wildman–Crippen MR) is 161 cm³/mol. The van der Waals surface area contributed by atoms with Gasteiger partial charge in [-0.3, -0.25) is 0 Å². The average Bonchev–Trinajstić information content (AvgIpc) is 2.97. The first-order chi connectivity index (χ1) is 19.8.